The molecule has 20 heavy (non-hydrogen) atoms. The van der Waals surface area contributed by atoms with Gasteiger partial charge in [-0.3, -0.25) is 9.59 Å². The van der Waals surface area contributed by atoms with Crippen LogP contribution in [0, 0.1) is 18.3 Å². The van der Waals surface area contributed by atoms with E-state index in [-0.39, 0.29) is 18.2 Å². The van der Waals surface area contributed by atoms with Crippen LogP contribution in [0.25, 0.3) is 0 Å². The van der Waals surface area contributed by atoms with Crippen molar-refractivity contribution in [1.29, 1.82) is 0 Å². The average molecular weight is 337 g/mol. The highest BCUT2D eigenvalue weighted by Gasteiger charge is 2.20. The molecule has 0 aliphatic heterocycles. The van der Waals surface area contributed by atoms with Crippen molar-refractivity contribution in [3.63, 3.8) is 0 Å². The lowest BCUT2D eigenvalue weighted by Crippen LogP contribution is -2.46. The number of terminal acetylenes is 1. The van der Waals surface area contributed by atoms with Crippen LogP contribution in [0.1, 0.15) is 18.9 Å². The lowest BCUT2D eigenvalue weighted by atomic mass is 10.00. The van der Waals surface area contributed by atoms with Crippen LogP contribution < -0.4 is 11.1 Å². The average Bonchev–Trinajstić information content (AvgIpc) is 2.40. The van der Waals surface area contributed by atoms with E-state index in [2.05, 4.69) is 27.2 Å². The van der Waals surface area contributed by atoms with Crippen molar-refractivity contribution >= 4 is 27.7 Å². The molecular formula is C15H17BrN2O2. The molecule has 1 aromatic rings. The van der Waals surface area contributed by atoms with Gasteiger partial charge in [-0.25, -0.2) is 0 Å². The van der Waals surface area contributed by atoms with Gasteiger partial charge in [0.15, 0.2) is 0 Å². The number of halogens is 1. The van der Waals surface area contributed by atoms with Crippen LogP contribution in [-0.2, 0) is 16.0 Å². The Morgan fingerprint density at radius 3 is 2.50 bits per heavy atom. The molecule has 3 N–H and O–H groups in total. The van der Waals surface area contributed by atoms with E-state index in [0.29, 0.717) is 6.42 Å². The molecule has 0 aliphatic carbocycles. The summed E-state index contributed by atoms with van der Waals surface area (Å²) in [5, 5.41) is 2.58. The summed E-state index contributed by atoms with van der Waals surface area (Å²) < 4.78 is 0.987. The second-order valence-electron chi connectivity index (χ2n) is 4.60. The molecule has 0 heterocycles. The molecule has 4 nitrogen and oxygen atoms in total. The van der Waals surface area contributed by atoms with E-state index < -0.39 is 11.9 Å². The van der Waals surface area contributed by atoms with Gasteiger partial charge >= 0.3 is 0 Å². The van der Waals surface area contributed by atoms with Gasteiger partial charge < -0.3 is 11.1 Å². The molecule has 2 amide bonds. The number of hydrogen-bond acceptors (Lipinski definition) is 2. The lowest BCUT2D eigenvalue weighted by molar-refractivity contribution is -0.129. The Morgan fingerprint density at radius 2 is 2.00 bits per heavy atom. The highest BCUT2D eigenvalue weighted by atomic mass is 79.9. The van der Waals surface area contributed by atoms with Crippen molar-refractivity contribution in [2.45, 2.75) is 25.8 Å². The number of rotatable bonds is 6. The Labute approximate surface area is 127 Å². The maximum absolute atomic E-state index is 12.0. The first kappa shape index (κ1) is 16.3. The summed E-state index contributed by atoms with van der Waals surface area (Å²) in [6.45, 7) is 1.80. The third kappa shape index (κ3) is 5.06. The van der Waals surface area contributed by atoms with E-state index in [0.717, 1.165) is 10.0 Å². The molecule has 0 saturated carbocycles. The Bertz CT molecular complexity index is 520. The van der Waals surface area contributed by atoms with E-state index in [1.807, 2.05) is 24.3 Å². The minimum absolute atomic E-state index is 0.103. The van der Waals surface area contributed by atoms with Gasteiger partial charge in [-0.05, 0) is 24.1 Å². The van der Waals surface area contributed by atoms with Gasteiger partial charge in [0.2, 0.25) is 11.8 Å². The van der Waals surface area contributed by atoms with Crippen LogP contribution in [0.4, 0.5) is 0 Å². The summed E-state index contributed by atoms with van der Waals surface area (Å²) in [6.07, 6.45) is 5.83. The van der Waals surface area contributed by atoms with Crippen molar-refractivity contribution in [3.8, 4) is 12.3 Å². The first-order valence-electron chi connectivity index (χ1n) is 6.21. The van der Waals surface area contributed by atoms with Gasteiger partial charge in [0, 0.05) is 16.8 Å². The number of benzene rings is 1. The number of carbonyl (C=O) groups excluding carboxylic acids is 2. The minimum Gasteiger partial charge on any atom is -0.368 e. The van der Waals surface area contributed by atoms with Crippen molar-refractivity contribution in [3.05, 3.63) is 34.3 Å². The normalized spacial score (nSPS) is 13.1. The Hall–Kier alpha value is -1.80. The van der Waals surface area contributed by atoms with Crippen molar-refractivity contribution in [2.75, 3.05) is 0 Å². The zero-order chi connectivity index (χ0) is 15.1. The van der Waals surface area contributed by atoms with E-state index >= 15 is 0 Å². The van der Waals surface area contributed by atoms with Gasteiger partial charge in [0.05, 0.1) is 0 Å². The summed E-state index contributed by atoms with van der Waals surface area (Å²) in [5.41, 5.74) is 6.23. The molecule has 0 unspecified atom stereocenters. The molecule has 0 aromatic heterocycles. The fraction of sp³-hybridized carbons (Fsp3) is 0.333. The second-order valence-corrected chi connectivity index (χ2v) is 5.52. The largest absolute Gasteiger partial charge is 0.368 e. The summed E-state index contributed by atoms with van der Waals surface area (Å²) >= 11 is 3.36. The predicted molar refractivity (Wildman–Crippen MR) is 81.6 cm³/mol. The highest BCUT2D eigenvalue weighted by Crippen LogP contribution is 2.14. The minimum atomic E-state index is -0.806. The fourth-order valence-corrected chi connectivity index (χ4v) is 1.99. The van der Waals surface area contributed by atoms with E-state index in [9.17, 15) is 9.59 Å². The molecule has 0 aliphatic rings. The van der Waals surface area contributed by atoms with Crippen LogP contribution >= 0.6 is 15.9 Å². The van der Waals surface area contributed by atoms with Gasteiger partial charge in [-0.1, -0.05) is 35.0 Å². The highest BCUT2D eigenvalue weighted by molar-refractivity contribution is 9.10. The maximum atomic E-state index is 12.0. The molecule has 106 valence electrons. The summed E-state index contributed by atoms with van der Waals surface area (Å²) in [7, 11) is 0. The smallest absolute Gasteiger partial charge is 0.240 e. The Morgan fingerprint density at radius 1 is 1.40 bits per heavy atom. The zero-order valence-corrected chi connectivity index (χ0v) is 12.8. The number of nitrogens with one attached hydrogen (secondary N) is 1. The van der Waals surface area contributed by atoms with Crippen LogP contribution in [0.15, 0.2) is 28.7 Å². The molecule has 0 spiro atoms. The first-order valence-corrected chi connectivity index (χ1v) is 7.01. The van der Waals surface area contributed by atoms with Gasteiger partial charge in [-0.2, -0.15) is 0 Å². The molecule has 1 rings (SSSR count). The van der Waals surface area contributed by atoms with Crippen LogP contribution in [0.5, 0.6) is 0 Å². The van der Waals surface area contributed by atoms with Gasteiger partial charge in [0.25, 0.3) is 0 Å². The van der Waals surface area contributed by atoms with Gasteiger partial charge in [-0.15, -0.1) is 12.3 Å². The Kier molecular flexibility index (Phi) is 6.26. The topological polar surface area (TPSA) is 72.2 Å². The number of nitrogens with two attached hydrogens (primary N) is 1. The van der Waals surface area contributed by atoms with Crippen molar-refractivity contribution in [2.24, 2.45) is 11.7 Å². The van der Waals surface area contributed by atoms with E-state index in [1.165, 1.54) is 0 Å². The molecule has 1 aromatic carbocycles. The molecule has 0 radical (unpaired) electrons. The molecule has 0 saturated heterocycles. The lowest BCUT2D eigenvalue weighted by Gasteiger charge is -2.17. The zero-order valence-electron chi connectivity index (χ0n) is 11.2. The maximum Gasteiger partial charge on any atom is 0.240 e. The molecule has 2 atom stereocenters. The third-order valence-corrected chi connectivity index (χ3v) is 3.41. The first-order chi connectivity index (χ1) is 9.43. The number of amides is 2. The number of carbonyl (C=O) groups is 2. The molecular weight excluding hydrogens is 320 g/mol. The quantitative estimate of drug-likeness (QED) is 0.775. The van der Waals surface area contributed by atoms with Crippen LogP contribution in [0.2, 0.25) is 0 Å². The molecule has 5 heteroatoms. The number of hydrogen-bond donors (Lipinski definition) is 2. The standard InChI is InChI=1S/C15H17BrN2O2/c1-3-4-13(14(17)19)18-15(20)10(2)9-11-5-7-12(16)8-6-11/h1,5-8,10,13H,4,9H2,2H3,(H2,17,19)(H,18,20)/t10-,13-/m0/s1. The Balaban J connectivity index is 2.60. The van der Waals surface area contributed by atoms with Gasteiger partial charge in [0.1, 0.15) is 6.04 Å². The van der Waals surface area contributed by atoms with Crippen molar-refractivity contribution < 1.29 is 9.59 Å². The summed E-state index contributed by atoms with van der Waals surface area (Å²) in [4.78, 5) is 23.2. The second kappa shape index (κ2) is 7.71. The number of primary amides is 1. The monoisotopic (exact) mass is 336 g/mol. The van der Waals surface area contributed by atoms with Crippen molar-refractivity contribution in [1.82, 2.24) is 5.32 Å². The summed E-state index contributed by atoms with van der Waals surface area (Å²) in [5.74, 6) is 1.21. The van der Waals surface area contributed by atoms with Crippen LogP contribution in [-0.4, -0.2) is 17.9 Å². The van der Waals surface area contributed by atoms with E-state index in [1.54, 1.807) is 6.92 Å². The summed E-state index contributed by atoms with van der Waals surface area (Å²) in [6, 6.07) is 6.93. The SMILES string of the molecule is C#CC[C@H](NC(=O)[C@@H](C)Cc1ccc(Br)cc1)C(N)=O. The predicted octanol–water partition coefficient (Wildman–Crippen LogP) is 1.62. The molecule has 0 bridgehead atoms. The fourth-order valence-electron chi connectivity index (χ4n) is 1.72. The third-order valence-electron chi connectivity index (χ3n) is 2.88. The van der Waals surface area contributed by atoms with Crippen LogP contribution in [0.3, 0.4) is 0 Å². The van der Waals surface area contributed by atoms with E-state index in [4.69, 9.17) is 12.2 Å². The molecule has 0 fully saturated rings.